The molecule has 0 saturated carbocycles. The maximum absolute atomic E-state index is 14.9. The summed E-state index contributed by atoms with van der Waals surface area (Å²) in [5.41, 5.74) is 2.78. The monoisotopic (exact) mass is 478 g/mol. The molecular weight excluding hydrogens is 456 g/mol. The highest BCUT2D eigenvalue weighted by Crippen LogP contribution is 2.34. The van der Waals surface area contributed by atoms with Crippen LogP contribution in [-0.4, -0.2) is 6.61 Å². The highest BCUT2D eigenvalue weighted by molar-refractivity contribution is 5.72. The summed E-state index contributed by atoms with van der Waals surface area (Å²) in [5, 5.41) is 0. The average molecular weight is 478 g/mol. The summed E-state index contributed by atoms with van der Waals surface area (Å²) in [4.78, 5) is 0. The van der Waals surface area contributed by atoms with Crippen LogP contribution in [-0.2, 0) is 17.8 Å². The van der Waals surface area contributed by atoms with E-state index in [1.54, 1.807) is 48.5 Å². The van der Waals surface area contributed by atoms with Crippen LogP contribution in [0.3, 0.4) is 0 Å². The molecule has 1 unspecified atom stereocenters. The van der Waals surface area contributed by atoms with Gasteiger partial charge >= 0.3 is 0 Å². The highest BCUT2D eigenvalue weighted by Gasteiger charge is 2.30. The minimum atomic E-state index is -0.961. The molecule has 0 amide bonds. The molecule has 1 atom stereocenters. The van der Waals surface area contributed by atoms with Gasteiger partial charge in [-0.15, -0.1) is 0 Å². The predicted octanol–water partition coefficient (Wildman–Crippen LogP) is 7.79. The van der Waals surface area contributed by atoms with E-state index in [9.17, 15) is 17.6 Å². The van der Waals surface area contributed by atoms with Gasteiger partial charge in [-0.2, -0.15) is 0 Å². The molecule has 1 heterocycles. The maximum Gasteiger partial charge on any atom is 0.167 e. The Balaban J connectivity index is 1.31. The minimum Gasteiger partial charge on any atom is -0.489 e. The van der Waals surface area contributed by atoms with Gasteiger partial charge in [0.15, 0.2) is 23.3 Å². The van der Waals surface area contributed by atoms with Crippen LogP contribution in [0.2, 0.25) is 0 Å². The second kappa shape index (κ2) is 9.55. The number of ether oxygens (including phenoxy) is 2. The Labute approximate surface area is 200 Å². The van der Waals surface area contributed by atoms with Crippen molar-refractivity contribution in [2.24, 2.45) is 0 Å². The Hall–Kier alpha value is -3.64. The molecule has 4 aromatic carbocycles. The van der Waals surface area contributed by atoms with Crippen molar-refractivity contribution in [1.29, 1.82) is 0 Å². The minimum absolute atomic E-state index is 0.0756. The Kier molecular flexibility index (Phi) is 6.31. The number of epoxide rings is 1. The molecule has 0 bridgehead atoms. The Morgan fingerprint density at radius 3 is 1.83 bits per heavy atom. The lowest BCUT2D eigenvalue weighted by molar-refractivity contribution is 0.296. The summed E-state index contributed by atoms with van der Waals surface area (Å²) in [7, 11) is 0. The van der Waals surface area contributed by atoms with E-state index in [4.69, 9.17) is 9.47 Å². The predicted molar refractivity (Wildman–Crippen MR) is 126 cm³/mol. The average Bonchev–Trinajstić information content (AvgIpc) is 3.72. The largest absolute Gasteiger partial charge is 0.489 e. The number of halogens is 4. The topological polar surface area (TPSA) is 21.8 Å². The molecule has 1 aliphatic heterocycles. The van der Waals surface area contributed by atoms with Gasteiger partial charge in [0.1, 0.15) is 18.5 Å². The lowest BCUT2D eigenvalue weighted by Crippen LogP contribution is -2.03. The maximum atomic E-state index is 14.9. The first-order valence-electron chi connectivity index (χ1n) is 11.3. The molecule has 178 valence electrons. The Morgan fingerprint density at radius 2 is 1.29 bits per heavy atom. The van der Waals surface area contributed by atoms with Crippen LogP contribution in [0.4, 0.5) is 17.6 Å². The van der Waals surface area contributed by atoms with Gasteiger partial charge in [-0.25, -0.2) is 17.6 Å². The van der Waals surface area contributed by atoms with E-state index >= 15 is 0 Å². The Bertz CT molecular complexity index is 1360. The van der Waals surface area contributed by atoms with Crippen molar-refractivity contribution in [2.75, 3.05) is 6.61 Å². The fourth-order valence-corrected chi connectivity index (χ4v) is 4.00. The van der Waals surface area contributed by atoms with Gasteiger partial charge in [0.25, 0.3) is 0 Å². The first-order valence-corrected chi connectivity index (χ1v) is 11.3. The summed E-state index contributed by atoms with van der Waals surface area (Å²) in [5.74, 6) is -3.35. The lowest BCUT2D eigenvalue weighted by Gasteiger charge is -2.12. The first-order chi connectivity index (χ1) is 17.0. The molecule has 0 aliphatic carbocycles. The third-order valence-electron chi connectivity index (χ3n) is 6.19. The van der Waals surface area contributed by atoms with E-state index in [-0.39, 0.29) is 35.0 Å². The molecule has 1 saturated heterocycles. The van der Waals surface area contributed by atoms with Gasteiger partial charge in [0, 0.05) is 22.3 Å². The first kappa shape index (κ1) is 23.1. The van der Waals surface area contributed by atoms with Crippen molar-refractivity contribution in [2.45, 2.75) is 26.1 Å². The standard InChI is InChI=1S/C29H22F4O2/c1-2-17-3-5-18(6-4-17)22-13-14-23(28(32)27(22)31)19-7-10-21(11-8-19)34-15-20-9-12-24(25-16-35-25)29(33)26(20)30/h3-14,25H,2,15-16H2,1H3. The van der Waals surface area contributed by atoms with Crippen molar-refractivity contribution in [3.63, 3.8) is 0 Å². The van der Waals surface area contributed by atoms with E-state index in [1.165, 1.54) is 12.1 Å². The third kappa shape index (κ3) is 4.66. The zero-order valence-corrected chi connectivity index (χ0v) is 19.0. The molecule has 5 rings (SSSR count). The van der Waals surface area contributed by atoms with E-state index in [2.05, 4.69) is 0 Å². The summed E-state index contributed by atoms with van der Waals surface area (Å²) < 4.78 is 68.9. The highest BCUT2D eigenvalue weighted by atomic mass is 19.2. The zero-order valence-electron chi connectivity index (χ0n) is 19.0. The van der Waals surface area contributed by atoms with Crippen molar-refractivity contribution in [3.05, 3.63) is 113 Å². The molecule has 0 N–H and O–H groups in total. The van der Waals surface area contributed by atoms with Crippen LogP contribution in [0.15, 0.2) is 72.8 Å². The number of aryl methyl sites for hydroxylation is 1. The summed E-state index contributed by atoms with van der Waals surface area (Å²) >= 11 is 0. The van der Waals surface area contributed by atoms with E-state index in [0.29, 0.717) is 23.5 Å². The number of rotatable bonds is 7. The summed E-state index contributed by atoms with van der Waals surface area (Å²) in [6.45, 7) is 2.24. The second-order valence-electron chi connectivity index (χ2n) is 8.42. The van der Waals surface area contributed by atoms with Crippen LogP contribution in [0.1, 0.15) is 29.7 Å². The molecule has 0 aromatic heterocycles. The van der Waals surface area contributed by atoms with E-state index in [1.807, 2.05) is 19.1 Å². The molecule has 0 radical (unpaired) electrons. The molecule has 35 heavy (non-hydrogen) atoms. The van der Waals surface area contributed by atoms with Crippen LogP contribution in [0.25, 0.3) is 22.3 Å². The van der Waals surface area contributed by atoms with Gasteiger partial charge in [-0.05, 0) is 35.2 Å². The molecule has 4 aromatic rings. The van der Waals surface area contributed by atoms with E-state index in [0.717, 1.165) is 12.0 Å². The van der Waals surface area contributed by atoms with Gasteiger partial charge in [-0.1, -0.05) is 67.6 Å². The molecule has 6 heteroatoms. The molecule has 0 spiro atoms. The second-order valence-corrected chi connectivity index (χ2v) is 8.42. The summed E-state index contributed by atoms with van der Waals surface area (Å²) in [6.07, 6.45) is 0.483. The van der Waals surface area contributed by atoms with Crippen LogP contribution < -0.4 is 4.74 Å². The third-order valence-corrected chi connectivity index (χ3v) is 6.19. The lowest BCUT2D eigenvalue weighted by atomic mass is 9.98. The van der Waals surface area contributed by atoms with E-state index < -0.39 is 23.3 Å². The fourth-order valence-electron chi connectivity index (χ4n) is 4.00. The summed E-state index contributed by atoms with van der Waals surface area (Å²) in [6, 6.07) is 19.8. The normalized spacial score (nSPS) is 14.7. The van der Waals surface area contributed by atoms with Crippen LogP contribution >= 0.6 is 0 Å². The van der Waals surface area contributed by atoms with Crippen LogP contribution in [0, 0.1) is 23.3 Å². The van der Waals surface area contributed by atoms with Crippen molar-refractivity contribution < 1.29 is 27.0 Å². The molecule has 2 nitrogen and oxygen atoms in total. The van der Waals surface area contributed by atoms with Gasteiger partial charge in [0.2, 0.25) is 0 Å². The quantitative estimate of drug-likeness (QED) is 0.200. The van der Waals surface area contributed by atoms with Crippen molar-refractivity contribution >= 4 is 0 Å². The molecular formula is C29H22F4O2. The number of hydrogen-bond acceptors (Lipinski definition) is 2. The zero-order chi connectivity index (χ0) is 24.5. The smallest absolute Gasteiger partial charge is 0.167 e. The SMILES string of the molecule is CCc1ccc(-c2ccc(-c3ccc(OCc4ccc(C5CO5)c(F)c4F)cc3)c(F)c2F)cc1. The molecule has 1 fully saturated rings. The van der Waals surface area contributed by atoms with Crippen molar-refractivity contribution in [1.82, 2.24) is 0 Å². The Morgan fingerprint density at radius 1 is 0.714 bits per heavy atom. The number of hydrogen-bond donors (Lipinski definition) is 0. The fraction of sp³-hybridized carbons (Fsp3) is 0.172. The number of benzene rings is 4. The van der Waals surface area contributed by atoms with Crippen LogP contribution in [0.5, 0.6) is 5.75 Å². The van der Waals surface area contributed by atoms with Gasteiger partial charge in [0.05, 0.1) is 6.61 Å². The molecule has 1 aliphatic rings. The van der Waals surface area contributed by atoms with Crippen molar-refractivity contribution in [3.8, 4) is 28.0 Å². The van der Waals surface area contributed by atoms with Gasteiger partial charge in [-0.3, -0.25) is 0 Å². The van der Waals surface area contributed by atoms with Gasteiger partial charge < -0.3 is 9.47 Å².